The maximum absolute atomic E-state index is 12.4. The maximum Gasteiger partial charge on any atom is 0.264 e. The molecule has 0 aromatic carbocycles. The highest BCUT2D eigenvalue weighted by Gasteiger charge is 2.33. The van der Waals surface area contributed by atoms with Crippen molar-refractivity contribution < 1.29 is 9.59 Å². The summed E-state index contributed by atoms with van der Waals surface area (Å²) in [4.78, 5) is 29.2. The van der Waals surface area contributed by atoms with Gasteiger partial charge in [0.1, 0.15) is 0 Å². The molecular weight excluding hydrogens is 322 g/mol. The van der Waals surface area contributed by atoms with Gasteiger partial charge in [0.05, 0.1) is 4.88 Å². The van der Waals surface area contributed by atoms with Crippen LogP contribution in [0.25, 0.3) is 0 Å². The summed E-state index contributed by atoms with van der Waals surface area (Å²) in [7, 11) is 0. The molecule has 1 unspecified atom stereocenters. The fourth-order valence-corrected chi connectivity index (χ4v) is 3.53. The molecule has 2 aliphatic heterocycles. The second kappa shape index (κ2) is 7.44. The lowest BCUT2D eigenvalue weighted by molar-refractivity contribution is -0.138. The number of piperazine rings is 1. The summed E-state index contributed by atoms with van der Waals surface area (Å²) in [5.74, 6) is 0.896. The number of amides is 2. The van der Waals surface area contributed by atoms with Crippen molar-refractivity contribution in [2.24, 2.45) is 11.8 Å². The van der Waals surface area contributed by atoms with Crippen LogP contribution in [0.1, 0.15) is 16.6 Å². The highest BCUT2D eigenvalue weighted by atomic mass is 35.5. The molecule has 0 aliphatic carbocycles. The monoisotopic (exact) mass is 343 g/mol. The van der Waals surface area contributed by atoms with Crippen molar-refractivity contribution in [1.82, 2.24) is 15.1 Å². The summed E-state index contributed by atoms with van der Waals surface area (Å²) < 4.78 is 0. The average molecular weight is 344 g/mol. The zero-order valence-corrected chi connectivity index (χ0v) is 14.3. The average Bonchev–Trinajstić information content (AvgIpc) is 2.98. The first-order chi connectivity index (χ1) is 10.2. The molecule has 22 heavy (non-hydrogen) atoms. The third-order valence-corrected chi connectivity index (χ3v) is 5.38. The molecule has 2 aliphatic rings. The molecule has 2 amide bonds. The van der Waals surface area contributed by atoms with Gasteiger partial charge in [0, 0.05) is 32.1 Å². The predicted molar refractivity (Wildman–Crippen MR) is 89.6 cm³/mol. The Morgan fingerprint density at radius 3 is 2.36 bits per heavy atom. The number of hydrogen-bond acceptors (Lipinski definition) is 4. The number of halogens is 1. The lowest BCUT2D eigenvalue weighted by atomic mass is 9.88. The minimum Gasteiger partial charge on any atom is -0.339 e. The van der Waals surface area contributed by atoms with Gasteiger partial charge >= 0.3 is 0 Å². The van der Waals surface area contributed by atoms with E-state index in [9.17, 15) is 9.59 Å². The minimum atomic E-state index is 0. The Morgan fingerprint density at radius 1 is 1.23 bits per heavy atom. The first-order valence-electron chi connectivity index (χ1n) is 7.49. The zero-order chi connectivity index (χ0) is 14.8. The van der Waals surface area contributed by atoms with Gasteiger partial charge in [-0.25, -0.2) is 0 Å². The third-order valence-electron chi connectivity index (χ3n) is 4.52. The molecule has 0 bridgehead atoms. The fraction of sp³-hybridized carbons (Fsp3) is 0.600. The molecule has 7 heteroatoms. The lowest BCUT2D eigenvalue weighted by Gasteiger charge is -2.39. The van der Waals surface area contributed by atoms with Crippen molar-refractivity contribution in [2.75, 3.05) is 39.3 Å². The van der Waals surface area contributed by atoms with Crippen LogP contribution < -0.4 is 5.32 Å². The molecule has 3 heterocycles. The standard InChI is InChI=1S/C15H21N3O2S.ClH/c1-11(12-9-16-10-12)14(19)17-4-6-18(7-5-17)15(20)13-3-2-8-21-13;/h2-3,8,11-12,16H,4-7,9-10H2,1H3;1H. The van der Waals surface area contributed by atoms with E-state index in [0.29, 0.717) is 32.1 Å². The van der Waals surface area contributed by atoms with Gasteiger partial charge in [0.25, 0.3) is 5.91 Å². The van der Waals surface area contributed by atoms with E-state index in [0.717, 1.165) is 18.0 Å². The van der Waals surface area contributed by atoms with Crippen LogP contribution in [0.15, 0.2) is 17.5 Å². The van der Waals surface area contributed by atoms with Gasteiger partial charge in [-0.15, -0.1) is 23.7 Å². The van der Waals surface area contributed by atoms with Crippen LogP contribution >= 0.6 is 23.7 Å². The van der Waals surface area contributed by atoms with Crippen LogP contribution in [0, 0.1) is 11.8 Å². The molecule has 3 rings (SSSR count). The van der Waals surface area contributed by atoms with Gasteiger partial charge in [-0.3, -0.25) is 9.59 Å². The van der Waals surface area contributed by atoms with Crippen molar-refractivity contribution in [3.05, 3.63) is 22.4 Å². The highest BCUT2D eigenvalue weighted by molar-refractivity contribution is 7.12. The molecule has 0 radical (unpaired) electrons. The van der Waals surface area contributed by atoms with Crippen LogP contribution in [-0.2, 0) is 4.79 Å². The number of carbonyl (C=O) groups is 2. The van der Waals surface area contributed by atoms with E-state index in [1.165, 1.54) is 11.3 Å². The number of thiophene rings is 1. The van der Waals surface area contributed by atoms with E-state index in [2.05, 4.69) is 5.32 Å². The molecule has 2 saturated heterocycles. The summed E-state index contributed by atoms with van der Waals surface area (Å²) in [5.41, 5.74) is 0. The zero-order valence-electron chi connectivity index (χ0n) is 12.7. The van der Waals surface area contributed by atoms with Gasteiger partial charge in [0.2, 0.25) is 5.91 Å². The van der Waals surface area contributed by atoms with Crippen LogP contribution in [0.5, 0.6) is 0 Å². The normalized spacial score (nSPS) is 20.0. The van der Waals surface area contributed by atoms with E-state index in [1.54, 1.807) is 0 Å². The number of rotatable bonds is 3. The number of nitrogens with zero attached hydrogens (tertiary/aromatic N) is 2. The number of nitrogens with one attached hydrogen (secondary N) is 1. The summed E-state index contributed by atoms with van der Waals surface area (Å²) in [6, 6.07) is 3.75. The Hall–Kier alpha value is -1.11. The third kappa shape index (κ3) is 3.45. The molecule has 1 N–H and O–H groups in total. The van der Waals surface area contributed by atoms with Crippen LogP contribution in [0.4, 0.5) is 0 Å². The van der Waals surface area contributed by atoms with E-state index in [-0.39, 0.29) is 30.1 Å². The molecule has 1 atom stereocenters. The largest absolute Gasteiger partial charge is 0.339 e. The van der Waals surface area contributed by atoms with Gasteiger partial charge in [0.15, 0.2) is 0 Å². The molecule has 0 saturated carbocycles. The highest BCUT2D eigenvalue weighted by Crippen LogP contribution is 2.20. The molecule has 1 aromatic heterocycles. The summed E-state index contributed by atoms with van der Waals surface area (Å²) in [6.45, 7) is 6.50. The van der Waals surface area contributed by atoms with Gasteiger partial charge in [-0.2, -0.15) is 0 Å². The minimum absolute atomic E-state index is 0. The van der Waals surface area contributed by atoms with E-state index < -0.39 is 0 Å². The number of carbonyl (C=O) groups excluding carboxylic acids is 2. The molecule has 2 fully saturated rings. The van der Waals surface area contributed by atoms with Gasteiger partial charge < -0.3 is 15.1 Å². The fourth-order valence-electron chi connectivity index (χ4n) is 2.84. The van der Waals surface area contributed by atoms with Crippen molar-refractivity contribution in [3.8, 4) is 0 Å². The van der Waals surface area contributed by atoms with Crippen molar-refractivity contribution in [2.45, 2.75) is 6.92 Å². The van der Waals surface area contributed by atoms with Gasteiger partial charge in [-0.1, -0.05) is 13.0 Å². The molecule has 1 aromatic rings. The summed E-state index contributed by atoms with van der Waals surface area (Å²) in [5, 5.41) is 5.13. The summed E-state index contributed by atoms with van der Waals surface area (Å²) >= 11 is 1.47. The summed E-state index contributed by atoms with van der Waals surface area (Å²) in [6.07, 6.45) is 0. The van der Waals surface area contributed by atoms with Gasteiger partial charge in [-0.05, 0) is 30.5 Å². The Bertz CT molecular complexity index is 511. The molecule has 0 spiro atoms. The van der Waals surface area contributed by atoms with Crippen LogP contribution in [0.2, 0.25) is 0 Å². The maximum atomic E-state index is 12.4. The Labute approximate surface area is 141 Å². The van der Waals surface area contributed by atoms with E-state index in [4.69, 9.17) is 0 Å². The Balaban J connectivity index is 0.00000176. The SMILES string of the molecule is CC(C(=O)N1CCN(C(=O)c2cccs2)CC1)C1CNC1.Cl. The van der Waals surface area contributed by atoms with Crippen molar-refractivity contribution in [3.63, 3.8) is 0 Å². The molecule has 122 valence electrons. The van der Waals surface area contributed by atoms with E-state index in [1.807, 2.05) is 34.2 Å². The second-order valence-corrected chi connectivity index (χ2v) is 6.75. The topological polar surface area (TPSA) is 52.7 Å². The number of hydrogen-bond donors (Lipinski definition) is 1. The molecular formula is C15H22ClN3O2S. The quantitative estimate of drug-likeness (QED) is 0.900. The van der Waals surface area contributed by atoms with Crippen LogP contribution in [-0.4, -0.2) is 60.9 Å². The Morgan fingerprint density at radius 2 is 1.86 bits per heavy atom. The van der Waals surface area contributed by atoms with Crippen LogP contribution in [0.3, 0.4) is 0 Å². The predicted octanol–water partition coefficient (Wildman–Crippen LogP) is 1.31. The first kappa shape index (κ1) is 17.2. The van der Waals surface area contributed by atoms with E-state index >= 15 is 0 Å². The smallest absolute Gasteiger partial charge is 0.264 e. The second-order valence-electron chi connectivity index (χ2n) is 5.80. The van der Waals surface area contributed by atoms with Crippen molar-refractivity contribution in [1.29, 1.82) is 0 Å². The lowest BCUT2D eigenvalue weighted by Crippen LogP contribution is -2.55. The first-order valence-corrected chi connectivity index (χ1v) is 8.37. The molecule has 5 nitrogen and oxygen atoms in total. The Kier molecular flexibility index (Phi) is 5.83. The van der Waals surface area contributed by atoms with Crippen molar-refractivity contribution >= 4 is 35.6 Å².